The third-order valence-electron chi connectivity index (χ3n) is 3.48. The molecule has 3 nitrogen and oxygen atoms in total. The fourth-order valence-electron chi connectivity index (χ4n) is 2.15. The molecule has 0 amide bonds. The minimum absolute atomic E-state index is 0.342. The van der Waals surface area contributed by atoms with Crippen LogP contribution in [0.5, 0.6) is 5.75 Å². The van der Waals surface area contributed by atoms with Gasteiger partial charge in [-0.15, -0.1) is 0 Å². The van der Waals surface area contributed by atoms with Crippen molar-refractivity contribution in [3.8, 4) is 16.9 Å². The summed E-state index contributed by atoms with van der Waals surface area (Å²) in [5.41, 5.74) is 3.80. The molecule has 0 radical (unpaired) electrons. The van der Waals surface area contributed by atoms with E-state index in [1.807, 2.05) is 36.4 Å². The highest BCUT2D eigenvalue weighted by Crippen LogP contribution is 2.23. The van der Waals surface area contributed by atoms with Gasteiger partial charge >= 0.3 is 5.97 Å². The number of ether oxygens (including phenoxy) is 2. The first kappa shape index (κ1) is 17.5. The molecule has 0 N–H and O–H groups in total. The fraction of sp³-hybridized carbons (Fsp3) is 0.190. The number of hydrogen-bond acceptors (Lipinski definition) is 3. The van der Waals surface area contributed by atoms with Crippen LogP contribution in [0.2, 0.25) is 0 Å². The molecule has 0 saturated heterocycles. The topological polar surface area (TPSA) is 35.5 Å². The first-order valence-electron chi connectivity index (χ1n) is 7.86. The highest BCUT2D eigenvalue weighted by atomic mass is 16.5. The van der Waals surface area contributed by atoms with Crippen LogP contribution in [0.25, 0.3) is 11.1 Å². The molecule has 0 fully saturated rings. The molecule has 0 aliphatic rings. The third kappa shape index (κ3) is 5.13. The van der Waals surface area contributed by atoms with E-state index in [1.165, 1.54) is 0 Å². The predicted molar refractivity (Wildman–Crippen MR) is 97.0 cm³/mol. The van der Waals surface area contributed by atoms with Gasteiger partial charge in [0, 0.05) is 12.0 Å². The van der Waals surface area contributed by atoms with E-state index in [-0.39, 0.29) is 5.97 Å². The molecule has 0 aromatic heterocycles. The summed E-state index contributed by atoms with van der Waals surface area (Å²) in [5, 5.41) is 0. The Morgan fingerprint density at radius 3 is 2.17 bits per heavy atom. The van der Waals surface area contributed by atoms with E-state index in [0.717, 1.165) is 22.4 Å². The molecule has 3 heteroatoms. The Balaban J connectivity index is 1.92. The smallest absolute Gasteiger partial charge is 0.333 e. The van der Waals surface area contributed by atoms with Gasteiger partial charge in [-0.1, -0.05) is 55.6 Å². The van der Waals surface area contributed by atoms with Gasteiger partial charge in [0.1, 0.15) is 12.4 Å². The molecule has 0 aliphatic heterocycles. The van der Waals surface area contributed by atoms with Crippen molar-refractivity contribution < 1.29 is 14.3 Å². The lowest BCUT2D eigenvalue weighted by atomic mass is 10.0. The fourth-order valence-corrected chi connectivity index (χ4v) is 2.15. The molecule has 24 heavy (non-hydrogen) atoms. The molecule has 2 aromatic rings. The van der Waals surface area contributed by atoms with Crippen LogP contribution in [0.15, 0.2) is 73.3 Å². The van der Waals surface area contributed by atoms with E-state index in [4.69, 9.17) is 9.47 Å². The van der Waals surface area contributed by atoms with Gasteiger partial charge in [-0.3, -0.25) is 0 Å². The van der Waals surface area contributed by atoms with Gasteiger partial charge in [0.15, 0.2) is 0 Å². The molecular formula is C21H22O3. The summed E-state index contributed by atoms with van der Waals surface area (Å²) in [4.78, 5) is 11.3. The molecule has 124 valence electrons. The Morgan fingerprint density at radius 2 is 1.62 bits per heavy atom. The van der Waals surface area contributed by atoms with Crippen LogP contribution in [-0.4, -0.2) is 19.2 Å². The second-order valence-electron chi connectivity index (χ2n) is 5.49. The first-order valence-corrected chi connectivity index (χ1v) is 7.86. The molecule has 0 bridgehead atoms. The number of hydrogen-bond donors (Lipinski definition) is 0. The molecule has 0 spiro atoms. The molecule has 2 aromatic carbocycles. The summed E-state index contributed by atoms with van der Waals surface area (Å²) in [7, 11) is 0. The van der Waals surface area contributed by atoms with E-state index in [2.05, 4.69) is 25.3 Å². The molecule has 2 rings (SSSR count). The maximum atomic E-state index is 11.3. The summed E-state index contributed by atoms with van der Waals surface area (Å²) in [6, 6.07) is 16.2. The average Bonchev–Trinajstić information content (AvgIpc) is 2.61. The molecule has 0 atom stereocenters. The Bertz CT molecular complexity index is 697. The van der Waals surface area contributed by atoms with Crippen molar-refractivity contribution in [2.24, 2.45) is 0 Å². The first-order chi connectivity index (χ1) is 11.6. The third-order valence-corrected chi connectivity index (χ3v) is 3.48. The van der Waals surface area contributed by atoms with Crippen molar-refractivity contribution >= 4 is 5.97 Å². The molecular weight excluding hydrogens is 300 g/mol. The average molecular weight is 322 g/mol. The van der Waals surface area contributed by atoms with E-state index in [0.29, 0.717) is 25.2 Å². The highest BCUT2D eigenvalue weighted by Gasteiger charge is 2.03. The number of esters is 1. The van der Waals surface area contributed by atoms with Gasteiger partial charge in [0.25, 0.3) is 0 Å². The number of carbonyl (C=O) groups is 1. The second-order valence-corrected chi connectivity index (χ2v) is 5.49. The van der Waals surface area contributed by atoms with Crippen molar-refractivity contribution in [3.63, 3.8) is 0 Å². The quantitative estimate of drug-likeness (QED) is 0.405. The Kier molecular flexibility index (Phi) is 6.38. The maximum absolute atomic E-state index is 11.3. The summed E-state index contributed by atoms with van der Waals surface area (Å²) < 4.78 is 10.6. The maximum Gasteiger partial charge on any atom is 0.333 e. The van der Waals surface area contributed by atoms with Crippen LogP contribution in [0, 0.1) is 0 Å². The predicted octanol–water partition coefficient (Wildman–Crippen LogP) is 4.58. The van der Waals surface area contributed by atoms with Crippen molar-refractivity contribution in [3.05, 3.63) is 78.9 Å². The van der Waals surface area contributed by atoms with Gasteiger partial charge in [-0.2, -0.15) is 0 Å². The summed E-state index contributed by atoms with van der Waals surface area (Å²) >= 11 is 0. The van der Waals surface area contributed by atoms with Gasteiger partial charge in [0.2, 0.25) is 0 Å². The van der Waals surface area contributed by atoms with Crippen LogP contribution >= 0.6 is 0 Å². The van der Waals surface area contributed by atoms with Crippen LogP contribution < -0.4 is 4.74 Å². The lowest BCUT2D eigenvalue weighted by molar-refractivity contribution is -0.138. The zero-order valence-electron chi connectivity index (χ0n) is 14.0. The van der Waals surface area contributed by atoms with Gasteiger partial charge in [-0.05, 0) is 35.7 Å². The standard InChI is InChI=1S/C21H22O3/c1-4-14-23-20-11-9-19(10-12-20)18-7-5-17(6-8-18)13-15-24-21(22)16(2)3/h4-12H,1-2,13-15H2,3H3. The SMILES string of the molecule is C=CCOc1ccc(-c2ccc(CCOC(=O)C(=C)C)cc2)cc1. The minimum atomic E-state index is -0.342. The van der Waals surface area contributed by atoms with Crippen LogP contribution in [0.1, 0.15) is 12.5 Å². The van der Waals surface area contributed by atoms with Gasteiger partial charge in [-0.25, -0.2) is 4.79 Å². The van der Waals surface area contributed by atoms with Crippen molar-refractivity contribution in [2.75, 3.05) is 13.2 Å². The van der Waals surface area contributed by atoms with Crippen LogP contribution in [0.3, 0.4) is 0 Å². The Hall–Kier alpha value is -2.81. The van der Waals surface area contributed by atoms with Crippen molar-refractivity contribution in [1.29, 1.82) is 0 Å². The molecule has 0 unspecified atom stereocenters. The lowest BCUT2D eigenvalue weighted by Gasteiger charge is -2.07. The zero-order valence-corrected chi connectivity index (χ0v) is 14.0. The summed E-state index contributed by atoms with van der Waals surface area (Å²) in [5.74, 6) is 0.486. The van der Waals surface area contributed by atoms with E-state index in [9.17, 15) is 4.79 Å². The summed E-state index contributed by atoms with van der Waals surface area (Å²) in [6.45, 7) is 9.70. The van der Waals surface area contributed by atoms with Gasteiger partial charge < -0.3 is 9.47 Å². The normalized spacial score (nSPS) is 10.0. The van der Waals surface area contributed by atoms with Crippen molar-refractivity contribution in [1.82, 2.24) is 0 Å². The van der Waals surface area contributed by atoms with Crippen molar-refractivity contribution in [2.45, 2.75) is 13.3 Å². The largest absolute Gasteiger partial charge is 0.490 e. The number of rotatable bonds is 8. The molecule has 0 heterocycles. The van der Waals surface area contributed by atoms with Crippen LogP contribution in [0.4, 0.5) is 0 Å². The van der Waals surface area contributed by atoms with E-state index < -0.39 is 0 Å². The zero-order chi connectivity index (χ0) is 17.4. The van der Waals surface area contributed by atoms with Gasteiger partial charge in [0.05, 0.1) is 6.61 Å². The lowest BCUT2D eigenvalue weighted by Crippen LogP contribution is -2.07. The summed E-state index contributed by atoms with van der Waals surface area (Å²) in [6.07, 6.45) is 2.41. The number of carbonyl (C=O) groups excluding carboxylic acids is 1. The monoisotopic (exact) mass is 322 g/mol. The Morgan fingerprint density at radius 1 is 1.04 bits per heavy atom. The Labute approximate surface area is 143 Å². The second kappa shape index (κ2) is 8.73. The molecule has 0 saturated carbocycles. The van der Waals surface area contributed by atoms with E-state index >= 15 is 0 Å². The van der Waals surface area contributed by atoms with E-state index in [1.54, 1.807) is 13.0 Å². The van der Waals surface area contributed by atoms with Crippen LogP contribution in [-0.2, 0) is 16.0 Å². The molecule has 0 aliphatic carbocycles. The highest BCUT2D eigenvalue weighted by molar-refractivity contribution is 5.86. The number of benzene rings is 2. The minimum Gasteiger partial charge on any atom is -0.490 e.